The van der Waals surface area contributed by atoms with Crippen LogP contribution in [0.4, 0.5) is 4.39 Å². The number of carbonyl (C=O) groups is 2. The van der Waals surface area contributed by atoms with E-state index in [0.29, 0.717) is 33.8 Å². The van der Waals surface area contributed by atoms with Gasteiger partial charge in [-0.2, -0.15) is 5.26 Å². The smallest absolute Gasteiger partial charge is 0.262 e. The van der Waals surface area contributed by atoms with E-state index >= 15 is 0 Å². The summed E-state index contributed by atoms with van der Waals surface area (Å²) in [5.74, 6) is -0.687. The van der Waals surface area contributed by atoms with Gasteiger partial charge in [0.25, 0.3) is 5.91 Å². The van der Waals surface area contributed by atoms with Crippen molar-refractivity contribution in [3.05, 3.63) is 82.4 Å². The minimum atomic E-state index is -0.413. The van der Waals surface area contributed by atoms with Gasteiger partial charge in [-0.3, -0.25) is 9.59 Å². The fourth-order valence-electron chi connectivity index (χ4n) is 4.63. The molecule has 1 N–H and O–H groups in total. The Labute approximate surface area is 192 Å². The Morgan fingerprint density at radius 1 is 1.15 bits per heavy atom. The van der Waals surface area contributed by atoms with Gasteiger partial charge in [-0.25, -0.2) is 4.39 Å². The number of pyridine rings is 1. The number of rotatable bonds is 5. The van der Waals surface area contributed by atoms with Crippen molar-refractivity contribution in [3.8, 4) is 6.07 Å². The lowest BCUT2D eigenvalue weighted by Crippen LogP contribution is -2.41. The van der Waals surface area contributed by atoms with Crippen molar-refractivity contribution in [2.75, 3.05) is 0 Å². The van der Waals surface area contributed by atoms with Crippen LogP contribution in [0.5, 0.6) is 0 Å². The Balaban J connectivity index is 1.74. The lowest BCUT2D eigenvalue weighted by atomic mass is 9.86. The molecule has 1 aromatic carbocycles. The van der Waals surface area contributed by atoms with Crippen LogP contribution in [0, 0.1) is 30.0 Å². The van der Waals surface area contributed by atoms with Crippen LogP contribution < -0.4 is 5.32 Å². The van der Waals surface area contributed by atoms with Gasteiger partial charge in [-0.05, 0) is 73.7 Å². The van der Waals surface area contributed by atoms with Crippen LogP contribution >= 0.6 is 0 Å². The average molecular weight is 444 g/mol. The Hall–Kier alpha value is -3.72. The maximum Gasteiger partial charge on any atom is 0.262 e. The zero-order valence-corrected chi connectivity index (χ0v) is 18.8. The quantitative estimate of drug-likeness (QED) is 0.334. The minimum absolute atomic E-state index is 0.00741. The van der Waals surface area contributed by atoms with Gasteiger partial charge >= 0.3 is 0 Å². The molecule has 1 saturated carbocycles. The highest BCUT2D eigenvalue weighted by atomic mass is 19.1. The third kappa shape index (κ3) is 4.45. The van der Waals surface area contributed by atoms with Crippen LogP contribution in [-0.2, 0) is 4.79 Å². The third-order valence-electron chi connectivity index (χ3n) is 6.54. The molecular formula is C27H26FN3O2. The zero-order valence-electron chi connectivity index (χ0n) is 18.8. The number of halogens is 1. The molecule has 2 atom stereocenters. The summed E-state index contributed by atoms with van der Waals surface area (Å²) < 4.78 is 15.1. The molecule has 6 heteroatoms. The number of amides is 1. The van der Waals surface area contributed by atoms with E-state index in [2.05, 4.69) is 12.2 Å². The molecule has 1 fully saturated rings. The van der Waals surface area contributed by atoms with Gasteiger partial charge in [-0.15, -0.1) is 0 Å². The molecular weight excluding hydrogens is 417 g/mol. The van der Waals surface area contributed by atoms with Crippen LogP contribution in [0.15, 0.2) is 54.2 Å². The van der Waals surface area contributed by atoms with Gasteiger partial charge in [0.15, 0.2) is 0 Å². The molecule has 4 rings (SSSR count). The Morgan fingerprint density at radius 2 is 1.88 bits per heavy atom. The first-order chi connectivity index (χ1) is 15.9. The van der Waals surface area contributed by atoms with E-state index in [9.17, 15) is 19.2 Å². The zero-order chi connectivity index (χ0) is 23.5. The number of ketones is 1. The molecule has 168 valence electrons. The van der Waals surface area contributed by atoms with Gasteiger partial charge in [0.2, 0.25) is 5.78 Å². The lowest BCUT2D eigenvalue weighted by Gasteiger charge is -2.29. The van der Waals surface area contributed by atoms with E-state index in [-0.39, 0.29) is 17.4 Å². The normalized spacial score (nSPS) is 18.7. The molecule has 0 aliphatic heterocycles. The summed E-state index contributed by atoms with van der Waals surface area (Å²) in [5, 5.41) is 12.8. The summed E-state index contributed by atoms with van der Waals surface area (Å²) in [6.45, 7) is 3.92. The largest absolute Gasteiger partial charge is 0.348 e. The molecule has 5 nitrogen and oxygen atoms in total. The topological polar surface area (TPSA) is 74.4 Å². The van der Waals surface area contributed by atoms with Crippen molar-refractivity contribution in [1.29, 1.82) is 5.26 Å². The van der Waals surface area contributed by atoms with Crippen molar-refractivity contribution < 1.29 is 14.0 Å². The van der Waals surface area contributed by atoms with Crippen molar-refractivity contribution in [3.63, 3.8) is 0 Å². The number of nitriles is 1. The molecule has 1 aliphatic rings. The van der Waals surface area contributed by atoms with Crippen molar-refractivity contribution in [1.82, 2.24) is 9.72 Å². The molecule has 0 saturated heterocycles. The van der Waals surface area contributed by atoms with E-state index < -0.39 is 11.7 Å². The van der Waals surface area contributed by atoms with Crippen LogP contribution in [0.25, 0.3) is 11.6 Å². The number of hydrogen-bond acceptors (Lipinski definition) is 3. The van der Waals surface area contributed by atoms with E-state index in [1.165, 1.54) is 24.3 Å². The van der Waals surface area contributed by atoms with Crippen molar-refractivity contribution in [2.24, 2.45) is 5.92 Å². The molecule has 0 radical (unpaired) electrons. The first-order valence-corrected chi connectivity index (χ1v) is 11.2. The van der Waals surface area contributed by atoms with Gasteiger partial charge in [0.05, 0.1) is 11.2 Å². The summed E-state index contributed by atoms with van der Waals surface area (Å²) in [6.07, 6.45) is 7.54. The van der Waals surface area contributed by atoms with Crippen molar-refractivity contribution in [2.45, 2.75) is 45.6 Å². The molecule has 1 amide bonds. The number of nitrogens with one attached hydrogen (secondary N) is 1. The van der Waals surface area contributed by atoms with Crippen LogP contribution in [0.1, 0.15) is 59.8 Å². The number of benzene rings is 1. The first-order valence-electron chi connectivity index (χ1n) is 11.2. The molecule has 33 heavy (non-hydrogen) atoms. The molecule has 0 spiro atoms. The first kappa shape index (κ1) is 22.5. The van der Waals surface area contributed by atoms with Crippen LogP contribution in [-0.4, -0.2) is 22.1 Å². The van der Waals surface area contributed by atoms with Gasteiger partial charge < -0.3 is 9.72 Å². The third-order valence-corrected chi connectivity index (χ3v) is 6.54. The number of hydrogen-bond donors (Lipinski definition) is 1. The highest BCUT2D eigenvalue weighted by Crippen LogP contribution is 2.28. The number of carbonyl (C=O) groups excluding carboxylic acids is 2. The van der Waals surface area contributed by atoms with Crippen LogP contribution in [0.2, 0.25) is 0 Å². The summed E-state index contributed by atoms with van der Waals surface area (Å²) >= 11 is 0. The van der Waals surface area contributed by atoms with E-state index in [0.717, 1.165) is 25.7 Å². The second kappa shape index (κ2) is 9.41. The summed E-state index contributed by atoms with van der Waals surface area (Å²) in [6, 6.07) is 13.0. The van der Waals surface area contributed by atoms with E-state index in [4.69, 9.17) is 0 Å². The number of nitrogens with zero attached hydrogens (tertiary/aromatic N) is 2. The summed E-state index contributed by atoms with van der Waals surface area (Å²) in [5.41, 5.74) is 2.80. The summed E-state index contributed by atoms with van der Waals surface area (Å²) in [4.78, 5) is 26.2. The Kier molecular flexibility index (Phi) is 6.41. The van der Waals surface area contributed by atoms with Gasteiger partial charge in [-0.1, -0.05) is 25.8 Å². The predicted octanol–water partition coefficient (Wildman–Crippen LogP) is 5.22. The number of aromatic nitrogens is 1. The maximum absolute atomic E-state index is 13.3. The second-order valence-corrected chi connectivity index (χ2v) is 8.69. The predicted molar refractivity (Wildman–Crippen MR) is 125 cm³/mol. The van der Waals surface area contributed by atoms with E-state index in [1.54, 1.807) is 23.6 Å². The Morgan fingerprint density at radius 3 is 2.58 bits per heavy atom. The molecule has 0 bridgehead atoms. The molecule has 3 aromatic rings. The Bertz CT molecular complexity index is 1280. The molecule has 2 heterocycles. The monoisotopic (exact) mass is 443 g/mol. The van der Waals surface area contributed by atoms with Crippen LogP contribution in [0.3, 0.4) is 0 Å². The highest BCUT2D eigenvalue weighted by Gasteiger charge is 2.25. The van der Waals surface area contributed by atoms with Crippen molar-refractivity contribution >= 4 is 23.3 Å². The van der Waals surface area contributed by atoms with Gasteiger partial charge in [0, 0.05) is 23.4 Å². The SMILES string of the molecule is Cc1c(/C=C(\C#N)C(=O)N[C@H]2CCCC[C@@H]2C)c2ccccn2c1C(=O)c1ccc(F)cc1. The molecule has 1 aliphatic carbocycles. The fourth-order valence-corrected chi connectivity index (χ4v) is 4.63. The summed E-state index contributed by atoms with van der Waals surface area (Å²) in [7, 11) is 0. The second-order valence-electron chi connectivity index (χ2n) is 8.69. The minimum Gasteiger partial charge on any atom is -0.348 e. The molecule has 2 aromatic heterocycles. The average Bonchev–Trinajstić information content (AvgIpc) is 3.09. The molecule has 0 unspecified atom stereocenters. The maximum atomic E-state index is 13.3. The highest BCUT2D eigenvalue weighted by molar-refractivity contribution is 6.11. The standard InChI is InChI=1S/C27H26FN3O2/c1-17-7-3-4-8-23(17)30-27(33)20(16-29)15-22-18(2)25(31-14-6-5-9-24(22)31)26(32)19-10-12-21(28)13-11-19/h5-6,9-15,17,23H,3-4,7-8H2,1-2H3,(H,30,33)/b20-15+/t17-,23-/m0/s1. The number of fused-ring (bicyclic) bond motifs is 1. The van der Waals surface area contributed by atoms with Gasteiger partial charge in [0.1, 0.15) is 17.5 Å². The fraction of sp³-hybridized carbons (Fsp3) is 0.296. The lowest BCUT2D eigenvalue weighted by molar-refractivity contribution is -0.118. The van der Waals surface area contributed by atoms with E-state index in [1.807, 2.05) is 24.3 Å².